The quantitative estimate of drug-likeness (QED) is 0.842. The maximum absolute atomic E-state index is 12.5. The van der Waals surface area contributed by atoms with Gasteiger partial charge in [0.15, 0.2) is 0 Å². The van der Waals surface area contributed by atoms with Gasteiger partial charge < -0.3 is 9.64 Å². The molecule has 1 saturated heterocycles. The monoisotopic (exact) mass is 371 g/mol. The summed E-state index contributed by atoms with van der Waals surface area (Å²) >= 11 is 0. The molecule has 2 amide bonds. The van der Waals surface area contributed by atoms with Crippen LogP contribution in [0.2, 0.25) is 0 Å². The third kappa shape index (κ3) is 5.06. The van der Waals surface area contributed by atoms with Gasteiger partial charge in [0.25, 0.3) is 5.91 Å². The normalized spacial score (nSPS) is 14.5. The fraction of sp³-hybridized carbons (Fsp3) is 0.474. The molecule has 0 aliphatic carbocycles. The maximum atomic E-state index is 12.5. The van der Waals surface area contributed by atoms with Gasteiger partial charge in [0.05, 0.1) is 12.2 Å². The van der Waals surface area contributed by atoms with Gasteiger partial charge in [-0.2, -0.15) is 0 Å². The predicted molar refractivity (Wildman–Crippen MR) is 101 cm³/mol. The highest BCUT2D eigenvalue weighted by Crippen LogP contribution is 2.19. The molecule has 0 saturated carbocycles. The number of para-hydroxylation sites is 1. The third-order valence-corrected chi connectivity index (χ3v) is 4.45. The summed E-state index contributed by atoms with van der Waals surface area (Å²) in [5.74, 6) is 0.347. The summed E-state index contributed by atoms with van der Waals surface area (Å²) in [6.45, 7) is 4.05. The van der Waals surface area contributed by atoms with Crippen LogP contribution in [0.3, 0.4) is 0 Å². The summed E-state index contributed by atoms with van der Waals surface area (Å²) in [4.78, 5) is 30.9. The van der Waals surface area contributed by atoms with E-state index in [0.29, 0.717) is 17.9 Å². The Balaban J connectivity index is 1.60. The first-order valence-corrected chi connectivity index (χ1v) is 9.37. The lowest BCUT2D eigenvalue weighted by molar-refractivity contribution is -0.132. The van der Waals surface area contributed by atoms with Crippen molar-refractivity contribution in [3.8, 4) is 5.75 Å². The lowest BCUT2D eigenvalue weighted by Crippen LogP contribution is -2.34. The van der Waals surface area contributed by atoms with E-state index in [0.717, 1.165) is 25.9 Å². The molecule has 144 valence electrons. The molecule has 1 N–H and O–H groups in total. The Morgan fingerprint density at radius 1 is 1.15 bits per heavy atom. The summed E-state index contributed by atoms with van der Waals surface area (Å²) in [5, 5.41) is 6.85. The van der Waals surface area contributed by atoms with E-state index in [1.54, 1.807) is 18.2 Å². The van der Waals surface area contributed by atoms with Crippen LogP contribution in [0.1, 0.15) is 43.0 Å². The fourth-order valence-corrected chi connectivity index (χ4v) is 3.09. The molecule has 3 rings (SSSR count). The SMILES string of the molecule is CCOc1ccccc1C(=O)Nc1ncn(CC(=O)N2CCCCCC2)n1. The van der Waals surface area contributed by atoms with Gasteiger partial charge in [0.1, 0.15) is 18.6 Å². The highest BCUT2D eigenvalue weighted by molar-refractivity contribution is 6.05. The van der Waals surface area contributed by atoms with Crippen molar-refractivity contribution in [2.24, 2.45) is 0 Å². The third-order valence-electron chi connectivity index (χ3n) is 4.45. The van der Waals surface area contributed by atoms with Gasteiger partial charge in [-0.15, -0.1) is 5.10 Å². The van der Waals surface area contributed by atoms with Crippen LogP contribution >= 0.6 is 0 Å². The molecule has 1 aliphatic heterocycles. The highest BCUT2D eigenvalue weighted by Gasteiger charge is 2.18. The molecule has 1 aromatic carbocycles. The van der Waals surface area contributed by atoms with Gasteiger partial charge in [-0.1, -0.05) is 25.0 Å². The molecule has 0 spiro atoms. The smallest absolute Gasteiger partial charge is 0.261 e. The van der Waals surface area contributed by atoms with Gasteiger partial charge in [0.2, 0.25) is 11.9 Å². The topological polar surface area (TPSA) is 89.3 Å². The number of anilines is 1. The number of likely N-dealkylation sites (tertiary alicyclic amines) is 1. The summed E-state index contributed by atoms with van der Waals surface area (Å²) in [7, 11) is 0. The maximum Gasteiger partial charge on any atom is 0.261 e. The minimum absolute atomic E-state index is 0.0290. The van der Waals surface area contributed by atoms with Gasteiger partial charge in [-0.25, -0.2) is 9.67 Å². The molecular weight excluding hydrogens is 346 g/mol. The van der Waals surface area contributed by atoms with Crippen LogP contribution in [-0.4, -0.2) is 51.2 Å². The molecule has 27 heavy (non-hydrogen) atoms. The van der Waals surface area contributed by atoms with E-state index in [1.165, 1.54) is 23.9 Å². The molecule has 0 unspecified atom stereocenters. The van der Waals surface area contributed by atoms with Crippen LogP contribution in [0.5, 0.6) is 5.75 Å². The van der Waals surface area contributed by atoms with E-state index in [9.17, 15) is 9.59 Å². The zero-order chi connectivity index (χ0) is 19.1. The highest BCUT2D eigenvalue weighted by atomic mass is 16.5. The predicted octanol–water partition coefficient (Wildman–Crippen LogP) is 2.33. The lowest BCUT2D eigenvalue weighted by Gasteiger charge is -2.19. The molecule has 1 aromatic heterocycles. The first kappa shape index (κ1) is 18.9. The molecule has 2 aromatic rings. The zero-order valence-corrected chi connectivity index (χ0v) is 15.6. The number of carbonyl (C=O) groups is 2. The Morgan fingerprint density at radius 2 is 1.89 bits per heavy atom. The Hall–Kier alpha value is -2.90. The second-order valence-electron chi connectivity index (χ2n) is 6.44. The number of ether oxygens (including phenoxy) is 1. The largest absolute Gasteiger partial charge is 0.493 e. The fourth-order valence-electron chi connectivity index (χ4n) is 3.09. The van der Waals surface area contributed by atoms with Crippen molar-refractivity contribution in [2.75, 3.05) is 25.0 Å². The van der Waals surface area contributed by atoms with Crippen LogP contribution < -0.4 is 10.1 Å². The number of aromatic nitrogens is 3. The van der Waals surface area contributed by atoms with E-state index in [2.05, 4.69) is 15.4 Å². The zero-order valence-electron chi connectivity index (χ0n) is 15.6. The van der Waals surface area contributed by atoms with E-state index in [4.69, 9.17) is 4.74 Å². The number of nitrogens with one attached hydrogen (secondary N) is 1. The number of hydrogen-bond acceptors (Lipinski definition) is 5. The van der Waals surface area contributed by atoms with Crippen molar-refractivity contribution in [1.82, 2.24) is 19.7 Å². The van der Waals surface area contributed by atoms with Crippen molar-refractivity contribution < 1.29 is 14.3 Å². The molecular formula is C19H25N5O3. The van der Waals surface area contributed by atoms with Crippen molar-refractivity contribution in [3.05, 3.63) is 36.2 Å². The van der Waals surface area contributed by atoms with Gasteiger partial charge in [-0.05, 0) is 31.9 Å². The van der Waals surface area contributed by atoms with E-state index in [-0.39, 0.29) is 24.3 Å². The van der Waals surface area contributed by atoms with Crippen molar-refractivity contribution >= 4 is 17.8 Å². The summed E-state index contributed by atoms with van der Waals surface area (Å²) in [6.07, 6.45) is 5.89. The van der Waals surface area contributed by atoms with Gasteiger partial charge >= 0.3 is 0 Å². The molecule has 0 radical (unpaired) electrons. The standard InChI is InChI=1S/C19H25N5O3/c1-2-27-16-10-6-5-9-15(16)18(26)21-19-20-14-24(22-19)13-17(25)23-11-7-3-4-8-12-23/h5-6,9-10,14H,2-4,7-8,11-13H2,1H3,(H,21,22,26). The molecule has 0 atom stereocenters. The van der Waals surface area contributed by atoms with Crippen LogP contribution in [0.25, 0.3) is 0 Å². The lowest BCUT2D eigenvalue weighted by atomic mass is 10.2. The summed E-state index contributed by atoms with van der Waals surface area (Å²) < 4.78 is 6.93. The average Bonchev–Trinajstić information content (AvgIpc) is 2.93. The van der Waals surface area contributed by atoms with E-state index < -0.39 is 0 Å². The number of benzene rings is 1. The van der Waals surface area contributed by atoms with Crippen molar-refractivity contribution in [1.29, 1.82) is 0 Å². The Kier molecular flexibility index (Phi) is 6.40. The molecule has 8 heteroatoms. The Labute approximate surface area is 158 Å². The van der Waals surface area contributed by atoms with Crippen molar-refractivity contribution in [3.63, 3.8) is 0 Å². The van der Waals surface area contributed by atoms with Crippen LogP contribution in [0, 0.1) is 0 Å². The molecule has 2 heterocycles. The second-order valence-corrected chi connectivity index (χ2v) is 6.44. The minimum Gasteiger partial charge on any atom is -0.493 e. The van der Waals surface area contributed by atoms with Gasteiger partial charge in [-0.3, -0.25) is 14.9 Å². The summed E-state index contributed by atoms with van der Waals surface area (Å²) in [5.41, 5.74) is 0.413. The summed E-state index contributed by atoms with van der Waals surface area (Å²) in [6, 6.07) is 7.00. The number of hydrogen-bond donors (Lipinski definition) is 1. The van der Waals surface area contributed by atoms with Crippen molar-refractivity contribution in [2.45, 2.75) is 39.2 Å². The van der Waals surface area contributed by atoms with Crippen LogP contribution in [-0.2, 0) is 11.3 Å². The average molecular weight is 371 g/mol. The molecule has 1 aliphatic rings. The van der Waals surface area contributed by atoms with Gasteiger partial charge in [0, 0.05) is 13.1 Å². The first-order valence-electron chi connectivity index (χ1n) is 9.37. The van der Waals surface area contributed by atoms with Crippen LogP contribution in [0.4, 0.5) is 5.95 Å². The Bertz CT molecular complexity index is 781. The Morgan fingerprint density at radius 3 is 2.63 bits per heavy atom. The van der Waals surface area contributed by atoms with E-state index >= 15 is 0 Å². The number of rotatable bonds is 6. The molecule has 1 fully saturated rings. The second kappa shape index (κ2) is 9.16. The molecule has 0 bridgehead atoms. The van der Waals surface area contributed by atoms with Crippen LogP contribution in [0.15, 0.2) is 30.6 Å². The molecule has 8 nitrogen and oxygen atoms in total. The van der Waals surface area contributed by atoms with E-state index in [1.807, 2.05) is 17.9 Å². The number of amides is 2. The number of carbonyl (C=O) groups excluding carboxylic acids is 2. The minimum atomic E-state index is -0.351. The number of nitrogens with zero attached hydrogens (tertiary/aromatic N) is 4. The first-order chi connectivity index (χ1) is 13.2.